The molecule has 0 amide bonds. The number of aliphatic hydroxyl groups is 4. The van der Waals surface area contributed by atoms with E-state index in [0.717, 1.165) is 6.21 Å². The van der Waals surface area contributed by atoms with Crippen molar-refractivity contribution >= 4 is 23.1 Å². The van der Waals surface area contributed by atoms with Gasteiger partial charge in [0.15, 0.2) is 0 Å². The molecule has 0 aliphatic heterocycles. The van der Waals surface area contributed by atoms with E-state index >= 15 is 0 Å². The van der Waals surface area contributed by atoms with E-state index in [1.54, 1.807) is 24.3 Å². The van der Waals surface area contributed by atoms with E-state index in [2.05, 4.69) is 20.5 Å². The van der Waals surface area contributed by atoms with Gasteiger partial charge in [0, 0.05) is 0 Å². The van der Waals surface area contributed by atoms with Crippen molar-refractivity contribution in [1.29, 1.82) is 0 Å². The standard InChI is InChI=1S/C13H16N4O5/c18-6-10(20)11(21)9(19)5-14-17-13-15-8-4-2-1-3-7(8)12(22)16-13/h1-5,9-11,18-21H,6H2,(H2,15,16,17,22)/b14-5+/t9-,10+,11+/m0/s1. The monoisotopic (exact) mass is 308 g/mol. The Morgan fingerprint density at radius 2 is 2.05 bits per heavy atom. The Hall–Kier alpha value is -2.33. The van der Waals surface area contributed by atoms with Crippen LogP contribution in [0.1, 0.15) is 0 Å². The lowest BCUT2D eigenvalue weighted by Crippen LogP contribution is -2.40. The summed E-state index contributed by atoms with van der Waals surface area (Å²) in [6.07, 6.45) is -3.65. The van der Waals surface area contributed by atoms with Gasteiger partial charge in [0.25, 0.3) is 5.56 Å². The summed E-state index contributed by atoms with van der Waals surface area (Å²) < 4.78 is 0. The summed E-state index contributed by atoms with van der Waals surface area (Å²) in [6.45, 7) is -0.695. The van der Waals surface area contributed by atoms with Crippen LogP contribution in [0.25, 0.3) is 10.9 Å². The zero-order valence-electron chi connectivity index (χ0n) is 11.4. The lowest BCUT2D eigenvalue weighted by molar-refractivity contribution is -0.0541. The van der Waals surface area contributed by atoms with Crippen molar-refractivity contribution in [2.75, 3.05) is 12.0 Å². The van der Waals surface area contributed by atoms with Crippen LogP contribution in [0.5, 0.6) is 0 Å². The first-order chi connectivity index (χ1) is 10.5. The summed E-state index contributed by atoms with van der Waals surface area (Å²) in [7, 11) is 0. The predicted molar refractivity (Wildman–Crippen MR) is 79.6 cm³/mol. The van der Waals surface area contributed by atoms with Crippen LogP contribution >= 0.6 is 0 Å². The van der Waals surface area contributed by atoms with E-state index in [0.29, 0.717) is 10.9 Å². The van der Waals surface area contributed by atoms with Crippen molar-refractivity contribution in [3.8, 4) is 0 Å². The van der Waals surface area contributed by atoms with Gasteiger partial charge in [-0.1, -0.05) is 12.1 Å². The molecule has 2 rings (SSSR count). The van der Waals surface area contributed by atoms with Gasteiger partial charge in [-0.3, -0.25) is 9.78 Å². The first-order valence-corrected chi connectivity index (χ1v) is 6.46. The van der Waals surface area contributed by atoms with Gasteiger partial charge >= 0.3 is 0 Å². The molecule has 0 bridgehead atoms. The first-order valence-electron chi connectivity index (χ1n) is 6.46. The highest BCUT2D eigenvalue weighted by molar-refractivity contribution is 5.78. The fourth-order valence-electron chi connectivity index (χ4n) is 1.74. The molecule has 1 aromatic carbocycles. The first kappa shape index (κ1) is 16.0. The summed E-state index contributed by atoms with van der Waals surface area (Å²) in [5.74, 6) is 0.0596. The number of aromatic nitrogens is 2. The predicted octanol–water partition coefficient (Wildman–Crippen LogP) is -1.60. The van der Waals surface area contributed by atoms with Crippen LogP contribution < -0.4 is 11.0 Å². The number of hydrogen-bond acceptors (Lipinski definition) is 8. The molecule has 0 aliphatic carbocycles. The second-order valence-electron chi connectivity index (χ2n) is 4.55. The molecule has 118 valence electrons. The van der Waals surface area contributed by atoms with Crippen molar-refractivity contribution in [1.82, 2.24) is 9.97 Å². The lowest BCUT2D eigenvalue weighted by Gasteiger charge is -2.17. The van der Waals surface area contributed by atoms with Crippen LogP contribution in [0, 0.1) is 0 Å². The Morgan fingerprint density at radius 1 is 1.32 bits per heavy atom. The minimum Gasteiger partial charge on any atom is -0.394 e. The Morgan fingerprint density at radius 3 is 2.77 bits per heavy atom. The summed E-state index contributed by atoms with van der Waals surface area (Å²) in [5.41, 5.74) is 2.53. The number of hydrogen-bond donors (Lipinski definition) is 6. The largest absolute Gasteiger partial charge is 0.394 e. The molecule has 0 fully saturated rings. The number of anilines is 1. The van der Waals surface area contributed by atoms with Crippen LogP contribution in [0.2, 0.25) is 0 Å². The summed E-state index contributed by atoms with van der Waals surface area (Å²) in [6, 6.07) is 6.74. The van der Waals surface area contributed by atoms with Gasteiger partial charge in [-0.15, -0.1) is 0 Å². The topological polar surface area (TPSA) is 151 Å². The van der Waals surface area contributed by atoms with Crippen molar-refractivity contribution < 1.29 is 20.4 Å². The van der Waals surface area contributed by atoms with Crippen LogP contribution in [0.15, 0.2) is 34.2 Å². The van der Waals surface area contributed by atoms with Crippen molar-refractivity contribution in [3.05, 3.63) is 34.6 Å². The maximum absolute atomic E-state index is 11.8. The summed E-state index contributed by atoms with van der Waals surface area (Å²) in [4.78, 5) is 18.4. The number of fused-ring (bicyclic) bond motifs is 1. The Labute approximate surface area is 124 Å². The average molecular weight is 308 g/mol. The van der Waals surface area contributed by atoms with Crippen molar-refractivity contribution in [3.63, 3.8) is 0 Å². The van der Waals surface area contributed by atoms with Gasteiger partial charge in [-0.2, -0.15) is 5.10 Å². The SMILES string of the molecule is O=c1[nH]c(N/N=C/[C@H](O)[C@@H](O)[C@H](O)CO)nc2ccccc12. The molecule has 9 heteroatoms. The highest BCUT2D eigenvalue weighted by Gasteiger charge is 2.22. The second kappa shape index (κ2) is 7.09. The third kappa shape index (κ3) is 3.65. The highest BCUT2D eigenvalue weighted by Crippen LogP contribution is 2.07. The maximum Gasteiger partial charge on any atom is 0.260 e. The zero-order valence-corrected chi connectivity index (χ0v) is 11.4. The van der Waals surface area contributed by atoms with E-state index < -0.39 is 24.9 Å². The number of benzene rings is 1. The molecule has 0 saturated heterocycles. The van der Waals surface area contributed by atoms with E-state index in [9.17, 15) is 15.0 Å². The van der Waals surface area contributed by atoms with Crippen LogP contribution in [0.3, 0.4) is 0 Å². The quantitative estimate of drug-likeness (QED) is 0.277. The summed E-state index contributed by atoms with van der Waals surface area (Å²) >= 11 is 0. The van der Waals surface area contributed by atoms with E-state index in [1.807, 2.05) is 0 Å². The number of nitrogens with one attached hydrogen (secondary N) is 2. The Kier molecular flexibility index (Phi) is 5.17. The van der Waals surface area contributed by atoms with Crippen molar-refractivity contribution in [2.45, 2.75) is 18.3 Å². The van der Waals surface area contributed by atoms with Gasteiger partial charge in [0.05, 0.1) is 23.7 Å². The number of para-hydroxylation sites is 1. The normalized spacial score (nSPS) is 15.8. The van der Waals surface area contributed by atoms with Gasteiger partial charge in [-0.25, -0.2) is 10.4 Å². The molecule has 0 unspecified atom stereocenters. The molecule has 0 spiro atoms. The Bertz CT molecular complexity index is 717. The fraction of sp³-hybridized carbons (Fsp3) is 0.308. The van der Waals surface area contributed by atoms with Crippen LogP contribution in [-0.2, 0) is 0 Å². The third-order valence-corrected chi connectivity index (χ3v) is 2.94. The fourth-order valence-corrected chi connectivity index (χ4v) is 1.74. The molecule has 22 heavy (non-hydrogen) atoms. The van der Waals surface area contributed by atoms with Gasteiger partial charge < -0.3 is 20.4 Å². The number of hydrazone groups is 1. The van der Waals surface area contributed by atoms with Gasteiger partial charge in [0.2, 0.25) is 5.95 Å². The molecule has 6 N–H and O–H groups in total. The Balaban J connectivity index is 2.08. The minimum atomic E-state index is -1.58. The lowest BCUT2D eigenvalue weighted by atomic mass is 10.1. The summed E-state index contributed by atoms with van der Waals surface area (Å²) in [5, 5.41) is 40.8. The smallest absolute Gasteiger partial charge is 0.260 e. The molecule has 0 saturated carbocycles. The number of rotatable bonds is 6. The van der Waals surface area contributed by atoms with Gasteiger partial charge in [-0.05, 0) is 12.1 Å². The zero-order chi connectivity index (χ0) is 16.1. The number of nitrogens with zero attached hydrogens (tertiary/aromatic N) is 2. The van der Waals surface area contributed by atoms with Crippen LogP contribution in [-0.4, -0.2) is 61.5 Å². The highest BCUT2D eigenvalue weighted by atomic mass is 16.4. The number of aliphatic hydroxyl groups excluding tert-OH is 4. The van der Waals surface area contributed by atoms with E-state index in [4.69, 9.17) is 10.2 Å². The molecule has 9 nitrogen and oxygen atoms in total. The average Bonchev–Trinajstić information content (AvgIpc) is 2.53. The van der Waals surface area contributed by atoms with E-state index in [1.165, 1.54) is 0 Å². The molecular formula is C13H16N4O5. The second-order valence-corrected chi connectivity index (χ2v) is 4.55. The minimum absolute atomic E-state index is 0.0596. The number of aromatic amines is 1. The molecule has 1 heterocycles. The third-order valence-electron chi connectivity index (χ3n) is 2.94. The molecule has 2 aromatic rings. The molecule has 1 aromatic heterocycles. The van der Waals surface area contributed by atoms with Gasteiger partial charge in [0.1, 0.15) is 18.3 Å². The molecule has 0 radical (unpaired) electrons. The molecule has 3 atom stereocenters. The molecule has 0 aliphatic rings. The van der Waals surface area contributed by atoms with Crippen LogP contribution in [0.4, 0.5) is 5.95 Å². The maximum atomic E-state index is 11.8. The van der Waals surface area contributed by atoms with E-state index in [-0.39, 0.29) is 11.5 Å². The number of H-pyrrole nitrogens is 1. The molecular weight excluding hydrogens is 292 g/mol. The van der Waals surface area contributed by atoms with Crippen molar-refractivity contribution in [2.24, 2.45) is 5.10 Å².